The van der Waals surface area contributed by atoms with E-state index in [0.29, 0.717) is 19.8 Å². The monoisotopic (exact) mass is 232 g/mol. The SMILES string of the molecule is CC1COCCN1C(=O)NCC(O)C(=O)O. The molecule has 16 heavy (non-hydrogen) atoms. The lowest BCUT2D eigenvalue weighted by Crippen LogP contribution is -2.52. The summed E-state index contributed by atoms with van der Waals surface area (Å²) >= 11 is 0. The minimum Gasteiger partial charge on any atom is -0.479 e. The first-order valence-corrected chi connectivity index (χ1v) is 5.05. The molecule has 0 saturated carbocycles. The molecule has 2 atom stereocenters. The zero-order valence-electron chi connectivity index (χ0n) is 9.05. The molecule has 0 bridgehead atoms. The van der Waals surface area contributed by atoms with E-state index >= 15 is 0 Å². The summed E-state index contributed by atoms with van der Waals surface area (Å²) in [7, 11) is 0. The Morgan fingerprint density at radius 2 is 2.31 bits per heavy atom. The number of carboxylic acids is 1. The number of carbonyl (C=O) groups is 2. The van der Waals surface area contributed by atoms with Gasteiger partial charge in [-0.2, -0.15) is 0 Å². The van der Waals surface area contributed by atoms with Gasteiger partial charge in [0.05, 0.1) is 25.8 Å². The van der Waals surface area contributed by atoms with Crippen molar-refractivity contribution in [3.05, 3.63) is 0 Å². The summed E-state index contributed by atoms with van der Waals surface area (Å²) in [6.07, 6.45) is -1.57. The van der Waals surface area contributed by atoms with Gasteiger partial charge >= 0.3 is 12.0 Å². The van der Waals surface area contributed by atoms with Crippen molar-refractivity contribution in [1.82, 2.24) is 10.2 Å². The number of amides is 2. The van der Waals surface area contributed by atoms with E-state index < -0.39 is 12.1 Å². The number of nitrogens with one attached hydrogen (secondary N) is 1. The predicted molar refractivity (Wildman–Crippen MR) is 54.0 cm³/mol. The number of hydrogen-bond donors (Lipinski definition) is 3. The maximum atomic E-state index is 11.6. The molecule has 0 spiro atoms. The Hall–Kier alpha value is -1.34. The molecule has 0 aliphatic carbocycles. The van der Waals surface area contributed by atoms with E-state index in [1.165, 1.54) is 0 Å². The summed E-state index contributed by atoms with van der Waals surface area (Å²) in [5.74, 6) is -1.35. The van der Waals surface area contributed by atoms with Crippen molar-refractivity contribution in [2.45, 2.75) is 19.1 Å². The largest absolute Gasteiger partial charge is 0.479 e. The zero-order valence-corrected chi connectivity index (χ0v) is 9.05. The number of hydrogen-bond acceptors (Lipinski definition) is 4. The minimum absolute atomic E-state index is 0.0456. The zero-order chi connectivity index (χ0) is 12.1. The number of aliphatic hydroxyl groups is 1. The van der Waals surface area contributed by atoms with Crippen molar-refractivity contribution in [3.63, 3.8) is 0 Å². The van der Waals surface area contributed by atoms with Gasteiger partial charge in [0.2, 0.25) is 0 Å². The Bertz CT molecular complexity index is 271. The number of nitrogens with zero attached hydrogens (tertiary/aromatic N) is 1. The van der Waals surface area contributed by atoms with Crippen molar-refractivity contribution >= 4 is 12.0 Å². The van der Waals surface area contributed by atoms with E-state index in [1.807, 2.05) is 6.92 Å². The lowest BCUT2D eigenvalue weighted by atomic mass is 10.3. The first kappa shape index (κ1) is 12.7. The van der Waals surface area contributed by atoms with Gasteiger partial charge in [0, 0.05) is 6.54 Å². The minimum atomic E-state index is -1.57. The Morgan fingerprint density at radius 3 is 2.88 bits per heavy atom. The summed E-state index contributed by atoms with van der Waals surface area (Å²) < 4.78 is 5.16. The molecule has 0 aromatic carbocycles. The molecule has 0 aromatic heterocycles. The van der Waals surface area contributed by atoms with Gasteiger partial charge in [0.15, 0.2) is 6.10 Å². The van der Waals surface area contributed by atoms with E-state index in [9.17, 15) is 9.59 Å². The van der Waals surface area contributed by atoms with Crippen molar-refractivity contribution < 1.29 is 24.5 Å². The van der Waals surface area contributed by atoms with Crippen molar-refractivity contribution in [3.8, 4) is 0 Å². The smallest absolute Gasteiger partial charge is 0.334 e. The van der Waals surface area contributed by atoms with Gasteiger partial charge in [-0.1, -0.05) is 0 Å². The number of urea groups is 1. The molecule has 3 N–H and O–H groups in total. The van der Waals surface area contributed by atoms with Crippen LogP contribution in [0.5, 0.6) is 0 Å². The van der Waals surface area contributed by atoms with E-state index in [0.717, 1.165) is 0 Å². The van der Waals surface area contributed by atoms with Crippen LogP contribution in [-0.4, -0.2) is 65.6 Å². The maximum Gasteiger partial charge on any atom is 0.334 e. The molecule has 0 radical (unpaired) electrons. The van der Waals surface area contributed by atoms with Crippen LogP contribution in [0, 0.1) is 0 Å². The number of aliphatic hydroxyl groups excluding tert-OH is 1. The van der Waals surface area contributed by atoms with Crippen molar-refractivity contribution in [2.24, 2.45) is 0 Å². The van der Waals surface area contributed by atoms with Crippen LogP contribution in [-0.2, 0) is 9.53 Å². The molecule has 1 aliphatic rings. The fourth-order valence-electron chi connectivity index (χ4n) is 1.40. The first-order valence-electron chi connectivity index (χ1n) is 5.05. The molecule has 1 saturated heterocycles. The third-order valence-electron chi connectivity index (χ3n) is 2.36. The van der Waals surface area contributed by atoms with Gasteiger partial charge in [0.1, 0.15) is 0 Å². The highest BCUT2D eigenvalue weighted by Crippen LogP contribution is 2.05. The molecule has 0 aromatic rings. The van der Waals surface area contributed by atoms with Gasteiger partial charge in [-0.25, -0.2) is 9.59 Å². The second kappa shape index (κ2) is 5.66. The Labute approximate surface area is 93.0 Å². The van der Waals surface area contributed by atoms with Gasteiger partial charge in [-0.3, -0.25) is 0 Å². The first-order chi connectivity index (χ1) is 7.52. The van der Waals surface area contributed by atoms with E-state index in [1.54, 1.807) is 4.90 Å². The van der Waals surface area contributed by atoms with Gasteiger partial charge < -0.3 is 25.2 Å². The standard InChI is InChI=1S/C9H16N2O5/c1-6-5-16-3-2-11(6)9(15)10-4-7(12)8(13)14/h6-7,12H,2-5H2,1H3,(H,10,15)(H,13,14). The third-order valence-corrected chi connectivity index (χ3v) is 2.36. The number of morpholine rings is 1. The van der Waals surface area contributed by atoms with Crippen LogP contribution in [0.4, 0.5) is 4.79 Å². The Morgan fingerprint density at radius 1 is 1.62 bits per heavy atom. The van der Waals surface area contributed by atoms with Gasteiger partial charge in [-0.05, 0) is 6.92 Å². The Kier molecular flexibility index (Phi) is 4.51. The topological polar surface area (TPSA) is 99.1 Å². The lowest BCUT2D eigenvalue weighted by molar-refractivity contribution is -0.146. The molecule has 2 unspecified atom stereocenters. The molecule has 1 fully saturated rings. The lowest BCUT2D eigenvalue weighted by Gasteiger charge is -2.33. The maximum absolute atomic E-state index is 11.6. The van der Waals surface area contributed by atoms with E-state index in [2.05, 4.69) is 5.32 Å². The van der Waals surface area contributed by atoms with Crippen LogP contribution in [0.1, 0.15) is 6.92 Å². The Balaban J connectivity index is 2.36. The predicted octanol–water partition coefficient (Wildman–Crippen LogP) is -1.14. The second-order valence-corrected chi connectivity index (χ2v) is 3.66. The number of ether oxygens (including phenoxy) is 1. The van der Waals surface area contributed by atoms with Gasteiger partial charge in [0.25, 0.3) is 0 Å². The van der Waals surface area contributed by atoms with E-state index in [4.69, 9.17) is 14.9 Å². The number of aliphatic carboxylic acids is 1. The molecule has 7 nitrogen and oxygen atoms in total. The fourth-order valence-corrected chi connectivity index (χ4v) is 1.40. The molecule has 2 amide bonds. The van der Waals surface area contributed by atoms with Crippen LogP contribution >= 0.6 is 0 Å². The van der Waals surface area contributed by atoms with Crippen molar-refractivity contribution in [2.75, 3.05) is 26.3 Å². The summed E-state index contributed by atoms with van der Waals surface area (Å²) in [5.41, 5.74) is 0. The summed E-state index contributed by atoms with van der Waals surface area (Å²) in [4.78, 5) is 23.5. The van der Waals surface area contributed by atoms with Crippen LogP contribution in [0.2, 0.25) is 0 Å². The highest BCUT2D eigenvalue weighted by atomic mass is 16.5. The summed E-state index contributed by atoms with van der Waals surface area (Å²) in [5, 5.41) is 19.8. The molecule has 1 rings (SSSR count). The van der Waals surface area contributed by atoms with Crippen molar-refractivity contribution in [1.29, 1.82) is 0 Å². The summed E-state index contributed by atoms with van der Waals surface area (Å²) in [6, 6.07) is -0.424. The quantitative estimate of drug-likeness (QED) is 0.571. The molecule has 1 aliphatic heterocycles. The highest BCUT2D eigenvalue weighted by Gasteiger charge is 2.24. The number of rotatable bonds is 3. The average molecular weight is 232 g/mol. The molecule has 92 valence electrons. The van der Waals surface area contributed by atoms with Crippen LogP contribution < -0.4 is 5.32 Å². The highest BCUT2D eigenvalue weighted by molar-refractivity contribution is 5.77. The van der Waals surface area contributed by atoms with Gasteiger partial charge in [-0.15, -0.1) is 0 Å². The molecule has 7 heteroatoms. The van der Waals surface area contributed by atoms with Crippen LogP contribution in [0.15, 0.2) is 0 Å². The molecular formula is C9H16N2O5. The second-order valence-electron chi connectivity index (χ2n) is 3.66. The van der Waals surface area contributed by atoms with Crippen LogP contribution in [0.25, 0.3) is 0 Å². The molecule has 1 heterocycles. The normalized spacial score (nSPS) is 22.6. The van der Waals surface area contributed by atoms with E-state index in [-0.39, 0.29) is 18.6 Å². The number of carbonyl (C=O) groups excluding carboxylic acids is 1. The number of carboxylic acid groups (broad SMARTS) is 1. The fraction of sp³-hybridized carbons (Fsp3) is 0.778. The average Bonchev–Trinajstić information content (AvgIpc) is 2.25. The molecular weight excluding hydrogens is 216 g/mol. The van der Waals surface area contributed by atoms with Crippen LogP contribution in [0.3, 0.4) is 0 Å². The third kappa shape index (κ3) is 3.35. The summed E-state index contributed by atoms with van der Waals surface area (Å²) in [6.45, 7) is 2.95.